The van der Waals surface area contributed by atoms with E-state index in [1.54, 1.807) is 17.7 Å². The maximum atomic E-state index is 5.38. The van der Waals surface area contributed by atoms with Crippen LogP contribution in [0.2, 0.25) is 0 Å². The van der Waals surface area contributed by atoms with E-state index in [0.29, 0.717) is 0 Å². The lowest BCUT2D eigenvalue weighted by Gasteiger charge is -2.28. The van der Waals surface area contributed by atoms with Crippen molar-refractivity contribution in [3.63, 3.8) is 0 Å². The lowest BCUT2D eigenvalue weighted by atomic mass is 10.3. The van der Waals surface area contributed by atoms with Crippen molar-refractivity contribution < 1.29 is 4.74 Å². The first-order chi connectivity index (χ1) is 10.2. The Kier molecular flexibility index (Phi) is 4.31. The van der Waals surface area contributed by atoms with Gasteiger partial charge in [0.05, 0.1) is 31.0 Å². The number of rotatable bonds is 4. The van der Waals surface area contributed by atoms with Gasteiger partial charge in [-0.1, -0.05) is 0 Å². The molecule has 0 radical (unpaired) electrons. The van der Waals surface area contributed by atoms with Gasteiger partial charge >= 0.3 is 0 Å². The Morgan fingerprint density at radius 2 is 2.10 bits per heavy atom. The summed E-state index contributed by atoms with van der Waals surface area (Å²) in [6.45, 7) is 6.14. The lowest BCUT2D eigenvalue weighted by molar-refractivity contribution is 0.122. The summed E-state index contributed by atoms with van der Waals surface area (Å²) < 4.78 is 5.38. The Morgan fingerprint density at radius 3 is 2.81 bits per heavy atom. The minimum absolute atomic E-state index is 0.759. The molecule has 0 amide bonds. The first-order valence-electron chi connectivity index (χ1n) is 6.99. The molecule has 0 aliphatic carbocycles. The van der Waals surface area contributed by atoms with E-state index < -0.39 is 0 Å². The van der Waals surface area contributed by atoms with Crippen LogP contribution < -0.4 is 9.80 Å². The molecular weight excluding hydrogens is 286 g/mol. The van der Waals surface area contributed by atoms with Gasteiger partial charge in [0.1, 0.15) is 18.0 Å². The van der Waals surface area contributed by atoms with E-state index in [-0.39, 0.29) is 0 Å². The number of hydrogen-bond acceptors (Lipinski definition) is 7. The van der Waals surface area contributed by atoms with Crippen LogP contribution in [-0.4, -0.2) is 48.3 Å². The highest BCUT2D eigenvalue weighted by Crippen LogP contribution is 2.21. The summed E-state index contributed by atoms with van der Waals surface area (Å²) in [5.41, 5.74) is 2.98. The summed E-state index contributed by atoms with van der Waals surface area (Å²) in [4.78, 5) is 18.7. The predicted octanol–water partition coefficient (Wildman–Crippen LogP) is 1.71. The Bertz CT molecular complexity index is 597. The topological polar surface area (TPSA) is 54.4 Å². The fourth-order valence-electron chi connectivity index (χ4n) is 2.29. The molecule has 0 atom stereocenters. The normalized spacial score (nSPS) is 15.2. The highest BCUT2D eigenvalue weighted by atomic mass is 32.1. The summed E-state index contributed by atoms with van der Waals surface area (Å²) >= 11 is 1.68. The largest absolute Gasteiger partial charge is 0.378 e. The summed E-state index contributed by atoms with van der Waals surface area (Å²) in [5.74, 6) is 1.90. The van der Waals surface area contributed by atoms with E-state index in [4.69, 9.17) is 4.74 Å². The Labute approximate surface area is 128 Å². The number of anilines is 2. The van der Waals surface area contributed by atoms with Crippen molar-refractivity contribution in [3.8, 4) is 0 Å². The van der Waals surface area contributed by atoms with Crippen LogP contribution in [0.5, 0.6) is 0 Å². The number of aromatic nitrogens is 3. The molecule has 0 saturated carbocycles. The molecule has 0 spiro atoms. The summed E-state index contributed by atoms with van der Waals surface area (Å²) in [6.07, 6.45) is 1.64. The van der Waals surface area contributed by atoms with Crippen LogP contribution in [0, 0.1) is 6.92 Å². The Morgan fingerprint density at radius 1 is 1.29 bits per heavy atom. The van der Waals surface area contributed by atoms with Crippen LogP contribution in [-0.2, 0) is 11.3 Å². The van der Waals surface area contributed by atoms with Crippen LogP contribution in [0.25, 0.3) is 0 Å². The number of thiazole rings is 1. The lowest BCUT2D eigenvalue weighted by Crippen LogP contribution is -2.36. The van der Waals surface area contributed by atoms with Crippen LogP contribution in [0.15, 0.2) is 17.9 Å². The molecule has 7 heteroatoms. The molecule has 0 aromatic carbocycles. The van der Waals surface area contributed by atoms with Crippen LogP contribution in [0.1, 0.15) is 10.6 Å². The summed E-state index contributed by atoms with van der Waals surface area (Å²) in [5, 5.41) is 0. The van der Waals surface area contributed by atoms with Gasteiger partial charge in [0, 0.05) is 31.1 Å². The van der Waals surface area contributed by atoms with Crippen molar-refractivity contribution in [3.05, 3.63) is 28.5 Å². The van der Waals surface area contributed by atoms with Crippen molar-refractivity contribution in [1.29, 1.82) is 0 Å². The van der Waals surface area contributed by atoms with Crippen molar-refractivity contribution in [2.75, 3.05) is 43.2 Å². The van der Waals surface area contributed by atoms with E-state index in [1.807, 2.05) is 25.5 Å². The zero-order valence-electron chi connectivity index (χ0n) is 12.3. The molecule has 1 aliphatic rings. The summed E-state index contributed by atoms with van der Waals surface area (Å²) in [6, 6.07) is 2.04. The van der Waals surface area contributed by atoms with Crippen molar-refractivity contribution in [1.82, 2.24) is 15.0 Å². The van der Waals surface area contributed by atoms with E-state index >= 15 is 0 Å². The van der Waals surface area contributed by atoms with E-state index in [2.05, 4.69) is 24.8 Å². The van der Waals surface area contributed by atoms with Crippen LogP contribution >= 0.6 is 11.3 Å². The Balaban J connectivity index is 1.74. The van der Waals surface area contributed by atoms with Gasteiger partial charge in [0.25, 0.3) is 0 Å². The second kappa shape index (κ2) is 6.36. The van der Waals surface area contributed by atoms with Crippen molar-refractivity contribution in [2.24, 2.45) is 0 Å². The standard InChI is InChI=1S/C14H19N5OS/c1-11-12(21-10-17-11)8-18(2)13-7-14(16-9-15-13)19-3-5-20-6-4-19/h7,9-10H,3-6,8H2,1-2H3. The maximum absolute atomic E-state index is 5.38. The third-order valence-corrected chi connectivity index (χ3v) is 4.51. The third-order valence-electron chi connectivity index (χ3n) is 3.59. The number of nitrogens with zero attached hydrogens (tertiary/aromatic N) is 5. The quantitative estimate of drug-likeness (QED) is 0.857. The SMILES string of the molecule is Cc1ncsc1CN(C)c1cc(N2CCOCC2)ncn1. The minimum Gasteiger partial charge on any atom is -0.378 e. The number of aryl methyl sites for hydroxylation is 1. The van der Waals surface area contributed by atoms with Crippen LogP contribution in [0.3, 0.4) is 0 Å². The molecule has 1 saturated heterocycles. The molecule has 0 bridgehead atoms. The first kappa shape index (κ1) is 14.2. The summed E-state index contributed by atoms with van der Waals surface area (Å²) in [7, 11) is 2.05. The molecule has 1 fully saturated rings. The molecule has 1 aliphatic heterocycles. The van der Waals surface area contributed by atoms with Gasteiger partial charge in [-0.3, -0.25) is 0 Å². The second-order valence-corrected chi connectivity index (χ2v) is 5.99. The smallest absolute Gasteiger partial charge is 0.134 e. The highest BCUT2D eigenvalue weighted by Gasteiger charge is 2.14. The molecule has 3 rings (SSSR count). The number of hydrogen-bond donors (Lipinski definition) is 0. The van der Waals surface area contributed by atoms with Gasteiger partial charge in [-0.05, 0) is 6.92 Å². The highest BCUT2D eigenvalue weighted by molar-refractivity contribution is 7.09. The van der Waals surface area contributed by atoms with Gasteiger partial charge in [-0.25, -0.2) is 15.0 Å². The average Bonchev–Trinajstić information content (AvgIpc) is 2.93. The van der Waals surface area contributed by atoms with Gasteiger partial charge in [-0.2, -0.15) is 0 Å². The van der Waals surface area contributed by atoms with Gasteiger partial charge < -0.3 is 14.5 Å². The molecule has 2 aromatic heterocycles. The molecule has 112 valence electrons. The van der Waals surface area contributed by atoms with Gasteiger partial charge in [0.2, 0.25) is 0 Å². The molecule has 6 nitrogen and oxygen atoms in total. The van der Waals surface area contributed by atoms with Crippen LogP contribution in [0.4, 0.5) is 11.6 Å². The zero-order valence-corrected chi connectivity index (χ0v) is 13.1. The maximum Gasteiger partial charge on any atom is 0.134 e. The Hall–Kier alpha value is -1.73. The zero-order chi connectivity index (χ0) is 14.7. The van der Waals surface area contributed by atoms with Gasteiger partial charge in [0.15, 0.2) is 0 Å². The average molecular weight is 305 g/mol. The third kappa shape index (κ3) is 3.30. The first-order valence-corrected chi connectivity index (χ1v) is 7.87. The molecule has 3 heterocycles. The molecular formula is C14H19N5OS. The molecule has 0 N–H and O–H groups in total. The van der Waals surface area contributed by atoms with E-state index in [1.165, 1.54) is 4.88 Å². The second-order valence-electron chi connectivity index (χ2n) is 5.05. The fourth-order valence-corrected chi connectivity index (χ4v) is 3.12. The molecule has 2 aromatic rings. The fraction of sp³-hybridized carbons (Fsp3) is 0.500. The van der Waals surface area contributed by atoms with Crippen molar-refractivity contribution in [2.45, 2.75) is 13.5 Å². The van der Waals surface area contributed by atoms with Crippen molar-refractivity contribution >= 4 is 23.0 Å². The number of ether oxygens (including phenoxy) is 1. The monoisotopic (exact) mass is 305 g/mol. The molecule has 21 heavy (non-hydrogen) atoms. The molecule has 0 unspecified atom stereocenters. The predicted molar refractivity (Wildman–Crippen MR) is 84.0 cm³/mol. The van der Waals surface area contributed by atoms with Gasteiger partial charge in [-0.15, -0.1) is 11.3 Å². The minimum atomic E-state index is 0.759. The number of morpholine rings is 1. The van der Waals surface area contributed by atoms with E-state index in [9.17, 15) is 0 Å². The van der Waals surface area contributed by atoms with E-state index in [0.717, 1.165) is 50.2 Å².